The van der Waals surface area contributed by atoms with Crippen LogP contribution < -0.4 is 0 Å². The van der Waals surface area contributed by atoms with Crippen LogP contribution in [0.15, 0.2) is 12.3 Å². The summed E-state index contributed by atoms with van der Waals surface area (Å²) in [6.45, 7) is 4.98. The smallest absolute Gasteiger partial charge is 0.134 e. The van der Waals surface area contributed by atoms with Gasteiger partial charge in [-0.3, -0.25) is 4.98 Å². The molecule has 0 aliphatic carbocycles. The van der Waals surface area contributed by atoms with E-state index in [9.17, 15) is 0 Å². The van der Waals surface area contributed by atoms with E-state index in [0.29, 0.717) is 0 Å². The minimum atomic E-state index is 0.851. The van der Waals surface area contributed by atoms with E-state index in [1.54, 1.807) is 0 Å². The molecular weight excluding hydrogens is 164 g/mol. The number of pyridine rings is 1. The molecule has 0 atom stereocenters. The number of aryl methyl sites for hydroxylation is 2. The first-order chi connectivity index (χ1) is 6.36. The molecule has 0 aliphatic heterocycles. The fourth-order valence-electron chi connectivity index (χ4n) is 1.44. The van der Waals surface area contributed by atoms with Gasteiger partial charge in [0.25, 0.3) is 0 Å². The number of aromatic nitrogens is 4. The number of nitrogens with zero attached hydrogens (tertiary/aromatic N) is 4. The second kappa shape index (κ2) is 3.12. The first-order valence-electron chi connectivity index (χ1n) is 4.54. The Hall–Kier alpha value is -1.45. The summed E-state index contributed by atoms with van der Waals surface area (Å²) >= 11 is 0. The molecule has 13 heavy (non-hydrogen) atoms. The Morgan fingerprint density at radius 3 is 2.92 bits per heavy atom. The predicted molar refractivity (Wildman–Crippen MR) is 50.4 cm³/mol. The summed E-state index contributed by atoms with van der Waals surface area (Å²) in [6.07, 6.45) is 2.72. The average molecular weight is 176 g/mol. The van der Waals surface area contributed by atoms with Crippen LogP contribution in [0.25, 0.3) is 11.0 Å². The second-order valence-electron chi connectivity index (χ2n) is 2.88. The number of fused-ring (bicyclic) bond motifs is 1. The number of hydrogen-bond donors (Lipinski definition) is 0. The largest absolute Gasteiger partial charge is 0.259 e. The Morgan fingerprint density at radius 1 is 1.38 bits per heavy atom. The van der Waals surface area contributed by atoms with Crippen LogP contribution in [0.4, 0.5) is 0 Å². The summed E-state index contributed by atoms with van der Waals surface area (Å²) in [5.74, 6) is 0. The molecule has 0 saturated carbocycles. The zero-order valence-corrected chi connectivity index (χ0v) is 7.86. The van der Waals surface area contributed by atoms with Crippen LogP contribution >= 0.6 is 0 Å². The molecule has 4 heteroatoms. The minimum absolute atomic E-state index is 0.851. The lowest BCUT2D eigenvalue weighted by Gasteiger charge is -1.97. The SMILES string of the molecule is CCc1nccc2c1nnn2CC. The van der Waals surface area contributed by atoms with Crippen LogP contribution in [-0.2, 0) is 13.0 Å². The van der Waals surface area contributed by atoms with Crippen molar-refractivity contribution in [2.45, 2.75) is 26.8 Å². The first-order valence-corrected chi connectivity index (χ1v) is 4.54. The molecule has 2 aromatic heterocycles. The van der Waals surface area contributed by atoms with Gasteiger partial charge in [-0.25, -0.2) is 4.68 Å². The van der Waals surface area contributed by atoms with Crippen molar-refractivity contribution in [2.24, 2.45) is 0 Å². The topological polar surface area (TPSA) is 43.6 Å². The third-order valence-electron chi connectivity index (χ3n) is 2.14. The van der Waals surface area contributed by atoms with E-state index in [1.165, 1.54) is 0 Å². The summed E-state index contributed by atoms with van der Waals surface area (Å²) in [7, 11) is 0. The van der Waals surface area contributed by atoms with Gasteiger partial charge in [-0.2, -0.15) is 0 Å². The first kappa shape index (κ1) is 8.16. The highest BCUT2D eigenvalue weighted by atomic mass is 15.4. The summed E-state index contributed by atoms with van der Waals surface area (Å²) in [5, 5.41) is 8.16. The standard InChI is InChI=1S/C9H12N4/c1-3-7-9-8(5-6-10-7)13(4-2)12-11-9/h5-6H,3-4H2,1-2H3. The van der Waals surface area contributed by atoms with E-state index < -0.39 is 0 Å². The van der Waals surface area contributed by atoms with Crippen molar-refractivity contribution in [3.8, 4) is 0 Å². The lowest BCUT2D eigenvalue weighted by atomic mass is 10.2. The van der Waals surface area contributed by atoms with Crippen LogP contribution in [0.1, 0.15) is 19.5 Å². The fourth-order valence-corrected chi connectivity index (χ4v) is 1.44. The molecule has 0 bridgehead atoms. The van der Waals surface area contributed by atoms with E-state index >= 15 is 0 Å². The Bertz CT molecular complexity index is 418. The second-order valence-corrected chi connectivity index (χ2v) is 2.88. The molecule has 0 amide bonds. The van der Waals surface area contributed by atoms with Gasteiger partial charge in [-0.1, -0.05) is 12.1 Å². The van der Waals surface area contributed by atoms with Crippen molar-refractivity contribution in [1.29, 1.82) is 0 Å². The molecule has 0 radical (unpaired) electrons. The van der Waals surface area contributed by atoms with Crippen LogP contribution in [0, 0.1) is 0 Å². The molecule has 68 valence electrons. The van der Waals surface area contributed by atoms with Crippen molar-refractivity contribution < 1.29 is 0 Å². The van der Waals surface area contributed by atoms with Gasteiger partial charge in [0.1, 0.15) is 5.52 Å². The van der Waals surface area contributed by atoms with Gasteiger partial charge in [0, 0.05) is 12.7 Å². The summed E-state index contributed by atoms with van der Waals surface area (Å²) in [6, 6.07) is 1.96. The molecule has 0 N–H and O–H groups in total. The third kappa shape index (κ3) is 1.18. The van der Waals surface area contributed by atoms with Gasteiger partial charge in [0.2, 0.25) is 0 Å². The van der Waals surface area contributed by atoms with Gasteiger partial charge in [-0.15, -0.1) is 5.10 Å². The molecule has 0 saturated heterocycles. The lowest BCUT2D eigenvalue weighted by molar-refractivity contribution is 0.646. The van der Waals surface area contributed by atoms with Crippen LogP contribution in [0.2, 0.25) is 0 Å². The molecule has 2 aromatic rings. The Kier molecular flexibility index (Phi) is 1.96. The molecule has 2 heterocycles. The summed E-state index contributed by atoms with van der Waals surface area (Å²) < 4.78 is 1.89. The Morgan fingerprint density at radius 2 is 2.23 bits per heavy atom. The van der Waals surface area contributed by atoms with Gasteiger partial charge in [-0.05, 0) is 19.4 Å². The van der Waals surface area contributed by atoms with E-state index in [2.05, 4.69) is 29.1 Å². The number of hydrogen-bond acceptors (Lipinski definition) is 3. The molecule has 0 fully saturated rings. The highest BCUT2D eigenvalue weighted by Crippen LogP contribution is 2.13. The highest BCUT2D eigenvalue weighted by Gasteiger charge is 2.06. The minimum Gasteiger partial charge on any atom is -0.259 e. The monoisotopic (exact) mass is 176 g/mol. The number of rotatable bonds is 2. The maximum absolute atomic E-state index is 4.26. The van der Waals surface area contributed by atoms with Gasteiger partial charge in [0.15, 0.2) is 0 Å². The van der Waals surface area contributed by atoms with Crippen LogP contribution in [0.3, 0.4) is 0 Å². The van der Waals surface area contributed by atoms with E-state index in [1.807, 2.05) is 16.9 Å². The highest BCUT2D eigenvalue weighted by molar-refractivity contribution is 5.76. The molecule has 0 aromatic carbocycles. The summed E-state index contributed by atoms with van der Waals surface area (Å²) in [4.78, 5) is 4.26. The van der Waals surface area contributed by atoms with Crippen molar-refractivity contribution >= 4 is 11.0 Å². The molecule has 4 nitrogen and oxygen atoms in total. The maximum atomic E-state index is 4.26. The zero-order chi connectivity index (χ0) is 9.26. The normalized spacial score (nSPS) is 10.9. The molecular formula is C9H12N4. The van der Waals surface area contributed by atoms with Crippen molar-refractivity contribution in [2.75, 3.05) is 0 Å². The average Bonchev–Trinajstić information content (AvgIpc) is 2.60. The van der Waals surface area contributed by atoms with E-state index in [4.69, 9.17) is 0 Å². The van der Waals surface area contributed by atoms with Crippen LogP contribution in [-0.4, -0.2) is 20.0 Å². The molecule has 0 aliphatic rings. The Balaban J connectivity index is 2.72. The zero-order valence-electron chi connectivity index (χ0n) is 7.86. The van der Waals surface area contributed by atoms with E-state index in [-0.39, 0.29) is 0 Å². The predicted octanol–water partition coefficient (Wildman–Crippen LogP) is 1.41. The van der Waals surface area contributed by atoms with Crippen molar-refractivity contribution in [3.63, 3.8) is 0 Å². The van der Waals surface area contributed by atoms with Crippen molar-refractivity contribution in [3.05, 3.63) is 18.0 Å². The third-order valence-corrected chi connectivity index (χ3v) is 2.14. The fraction of sp³-hybridized carbons (Fsp3) is 0.444. The molecule has 2 rings (SSSR count). The van der Waals surface area contributed by atoms with Crippen LogP contribution in [0.5, 0.6) is 0 Å². The van der Waals surface area contributed by atoms with Gasteiger partial charge in [0.05, 0.1) is 11.2 Å². The molecule has 0 unspecified atom stereocenters. The maximum Gasteiger partial charge on any atom is 0.134 e. The summed E-state index contributed by atoms with van der Waals surface area (Å²) in [5.41, 5.74) is 3.04. The Labute approximate surface area is 76.6 Å². The van der Waals surface area contributed by atoms with Gasteiger partial charge >= 0.3 is 0 Å². The van der Waals surface area contributed by atoms with Gasteiger partial charge < -0.3 is 0 Å². The van der Waals surface area contributed by atoms with Crippen molar-refractivity contribution in [1.82, 2.24) is 20.0 Å². The van der Waals surface area contributed by atoms with E-state index in [0.717, 1.165) is 29.7 Å². The lowest BCUT2D eigenvalue weighted by Crippen LogP contribution is -1.96. The quantitative estimate of drug-likeness (QED) is 0.694. The molecule has 0 spiro atoms.